The molecule has 0 N–H and O–H groups in total. The lowest BCUT2D eigenvalue weighted by Crippen LogP contribution is -2.10. The van der Waals surface area contributed by atoms with Crippen molar-refractivity contribution in [3.63, 3.8) is 0 Å². The van der Waals surface area contributed by atoms with Gasteiger partial charge in [0.2, 0.25) is 0 Å². The number of ketones is 1. The van der Waals surface area contributed by atoms with E-state index in [0.717, 1.165) is 0 Å². The summed E-state index contributed by atoms with van der Waals surface area (Å²) in [6, 6.07) is 12.8. The quantitative estimate of drug-likeness (QED) is 0.411. The van der Waals surface area contributed by atoms with Crippen LogP contribution < -0.4 is 9.81 Å². The van der Waals surface area contributed by atoms with Crippen molar-refractivity contribution in [2.24, 2.45) is 0 Å². The molecule has 1 aromatic heterocycles. The summed E-state index contributed by atoms with van der Waals surface area (Å²) < 4.78 is 34.8. The fourth-order valence-electron chi connectivity index (χ4n) is 2.14. The molecule has 0 spiro atoms. The molecule has 3 rings (SSSR count). The summed E-state index contributed by atoms with van der Waals surface area (Å²) in [5, 5.41) is 0.637. The lowest BCUT2D eigenvalue weighted by molar-refractivity contribution is 0.101. The minimum atomic E-state index is -4.12. The summed E-state index contributed by atoms with van der Waals surface area (Å²) in [6.07, 6.45) is 0. The molecule has 0 atom stereocenters. The van der Waals surface area contributed by atoms with Gasteiger partial charge in [0.15, 0.2) is 5.78 Å². The van der Waals surface area contributed by atoms with Gasteiger partial charge in [0.25, 0.3) is 0 Å². The zero-order chi connectivity index (χ0) is 17.3. The molecule has 0 aliphatic rings. The van der Waals surface area contributed by atoms with E-state index in [1.165, 1.54) is 49.4 Å². The molecule has 1 heterocycles. The standard InChI is InChI=1S/C17H12O6S/c1-11(18)13-3-2-4-15(9-13)24(20,21)23-14-7-5-12-6-8-17(19)22-16(12)10-14/h2-10H,1H3. The molecule has 3 aromatic rings. The second-order valence-electron chi connectivity index (χ2n) is 5.08. The Kier molecular flexibility index (Phi) is 3.94. The van der Waals surface area contributed by atoms with Crippen LogP contribution in [-0.4, -0.2) is 14.2 Å². The van der Waals surface area contributed by atoms with Gasteiger partial charge in [-0.25, -0.2) is 4.79 Å². The van der Waals surface area contributed by atoms with Gasteiger partial charge in [-0.2, -0.15) is 8.42 Å². The van der Waals surface area contributed by atoms with E-state index in [4.69, 9.17) is 8.60 Å². The molecule has 6 nitrogen and oxygen atoms in total. The van der Waals surface area contributed by atoms with Gasteiger partial charge in [0.1, 0.15) is 16.2 Å². The molecule has 0 radical (unpaired) electrons. The summed E-state index contributed by atoms with van der Waals surface area (Å²) in [4.78, 5) is 22.5. The lowest BCUT2D eigenvalue weighted by Gasteiger charge is -2.08. The molecule has 24 heavy (non-hydrogen) atoms. The zero-order valence-electron chi connectivity index (χ0n) is 12.6. The Labute approximate surface area is 137 Å². The van der Waals surface area contributed by atoms with Gasteiger partial charge in [-0.15, -0.1) is 0 Å². The van der Waals surface area contributed by atoms with E-state index in [0.29, 0.717) is 5.39 Å². The van der Waals surface area contributed by atoms with Gasteiger partial charge in [-0.1, -0.05) is 12.1 Å². The van der Waals surface area contributed by atoms with E-state index in [1.807, 2.05) is 0 Å². The van der Waals surface area contributed by atoms with Gasteiger partial charge in [-0.05, 0) is 37.3 Å². The van der Waals surface area contributed by atoms with Crippen molar-refractivity contribution in [3.05, 3.63) is 70.6 Å². The Morgan fingerprint density at radius 2 is 1.79 bits per heavy atom. The Bertz CT molecular complexity index is 1100. The van der Waals surface area contributed by atoms with Crippen LogP contribution >= 0.6 is 0 Å². The smallest absolute Gasteiger partial charge is 0.339 e. The molecular formula is C17H12O6S. The largest absolute Gasteiger partial charge is 0.423 e. The Balaban J connectivity index is 1.98. The van der Waals surface area contributed by atoms with Crippen LogP contribution in [0.1, 0.15) is 17.3 Å². The summed E-state index contributed by atoms with van der Waals surface area (Å²) in [7, 11) is -4.12. The third-order valence-corrected chi connectivity index (χ3v) is 4.57. The van der Waals surface area contributed by atoms with Gasteiger partial charge in [-0.3, -0.25) is 4.79 Å². The van der Waals surface area contributed by atoms with E-state index in [-0.39, 0.29) is 27.6 Å². The summed E-state index contributed by atoms with van der Waals surface area (Å²) >= 11 is 0. The van der Waals surface area contributed by atoms with Crippen LogP contribution in [0.2, 0.25) is 0 Å². The molecular weight excluding hydrogens is 332 g/mol. The van der Waals surface area contributed by atoms with Crippen LogP contribution in [0, 0.1) is 0 Å². The first-order valence-electron chi connectivity index (χ1n) is 6.94. The van der Waals surface area contributed by atoms with Crippen LogP contribution in [0.5, 0.6) is 5.75 Å². The number of carbonyl (C=O) groups excluding carboxylic acids is 1. The van der Waals surface area contributed by atoms with E-state index < -0.39 is 15.7 Å². The van der Waals surface area contributed by atoms with Crippen LogP contribution in [0.4, 0.5) is 0 Å². The van der Waals surface area contributed by atoms with Crippen molar-refractivity contribution in [3.8, 4) is 5.75 Å². The Hall–Kier alpha value is -2.93. The number of fused-ring (bicyclic) bond motifs is 1. The second kappa shape index (κ2) is 5.93. The van der Waals surface area contributed by atoms with Gasteiger partial charge in [0, 0.05) is 23.1 Å². The zero-order valence-corrected chi connectivity index (χ0v) is 13.4. The highest BCUT2D eigenvalue weighted by atomic mass is 32.2. The average molecular weight is 344 g/mol. The Morgan fingerprint density at radius 3 is 2.54 bits per heavy atom. The maximum atomic E-state index is 12.4. The van der Waals surface area contributed by atoms with Gasteiger partial charge < -0.3 is 8.60 Å². The normalized spacial score (nSPS) is 11.4. The molecule has 0 saturated heterocycles. The van der Waals surface area contributed by atoms with Crippen LogP contribution in [0.3, 0.4) is 0 Å². The number of rotatable bonds is 4. The Morgan fingerprint density at radius 1 is 1.04 bits per heavy atom. The molecule has 0 saturated carbocycles. The van der Waals surface area contributed by atoms with Crippen molar-refractivity contribution in [1.29, 1.82) is 0 Å². The molecule has 0 aliphatic heterocycles. The number of Topliss-reactive ketones (excluding diaryl/α,β-unsaturated/α-hetero) is 1. The van der Waals surface area contributed by atoms with Crippen molar-refractivity contribution in [2.75, 3.05) is 0 Å². The molecule has 122 valence electrons. The summed E-state index contributed by atoms with van der Waals surface area (Å²) in [5.74, 6) is -0.246. The molecule has 0 aliphatic carbocycles. The fourth-order valence-corrected chi connectivity index (χ4v) is 3.11. The minimum absolute atomic E-state index is 0.00470. The van der Waals surface area contributed by atoms with Gasteiger partial charge in [0.05, 0.1) is 0 Å². The van der Waals surface area contributed by atoms with Crippen LogP contribution in [0.15, 0.2) is 68.7 Å². The van der Waals surface area contributed by atoms with E-state index in [9.17, 15) is 18.0 Å². The van der Waals surface area contributed by atoms with Crippen molar-refractivity contribution in [2.45, 2.75) is 11.8 Å². The SMILES string of the molecule is CC(=O)c1cccc(S(=O)(=O)Oc2ccc3ccc(=O)oc3c2)c1. The second-order valence-corrected chi connectivity index (χ2v) is 6.62. The maximum absolute atomic E-state index is 12.4. The number of hydrogen-bond acceptors (Lipinski definition) is 6. The minimum Gasteiger partial charge on any atom is -0.423 e. The van der Waals surface area contributed by atoms with Crippen LogP contribution in [-0.2, 0) is 10.1 Å². The molecule has 0 unspecified atom stereocenters. The van der Waals surface area contributed by atoms with E-state index in [2.05, 4.69) is 0 Å². The lowest BCUT2D eigenvalue weighted by atomic mass is 10.2. The highest BCUT2D eigenvalue weighted by Crippen LogP contribution is 2.23. The first-order chi connectivity index (χ1) is 11.3. The first kappa shape index (κ1) is 15.9. The van der Waals surface area contributed by atoms with Crippen molar-refractivity contribution >= 4 is 26.9 Å². The predicted molar refractivity (Wildman–Crippen MR) is 86.7 cm³/mol. The average Bonchev–Trinajstić information content (AvgIpc) is 2.54. The van der Waals surface area contributed by atoms with Crippen molar-refractivity contribution < 1.29 is 21.8 Å². The topological polar surface area (TPSA) is 90.6 Å². The number of benzene rings is 2. The molecule has 2 aromatic carbocycles. The summed E-state index contributed by atoms with van der Waals surface area (Å²) in [6.45, 7) is 1.35. The van der Waals surface area contributed by atoms with E-state index >= 15 is 0 Å². The van der Waals surface area contributed by atoms with Crippen molar-refractivity contribution in [1.82, 2.24) is 0 Å². The number of hydrogen-bond donors (Lipinski definition) is 0. The first-order valence-corrected chi connectivity index (χ1v) is 8.35. The third kappa shape index (κ3) is 3.21. The third-order valence-electron chi connectivity index (χ3n) is 3.33. The highest BCUT2D eigenvalue weighted by molar-refractivity contribution is 7.87. The summed E-state index contributed by atoms with van der Waals surface area (Å²) in [5.41, 5.74) is -0.0615. The number of carbonyl (C=O) groups is 1. The molecule has 0 amide bonds. The van der Waals surface area contributed by atoms with Crippen LogP contribution in [0.25, 0.3) is 11.0 Å². The molecule has 7 heteroatoms. The molecule has 0 bridgehead atoms. The maximum Gasteiger partial charge on any atom is 0.339 e. The fraction of sp³-hybridized carbons (Fsp3) is 0.0588. The van der Waals surface area contributed by atoms with Gasteiger partial charge >= 0.3 is 15.7 Å². The molecule has 0 fully saturated rings. The van der Waals surface area contributed by atoms with E-state index in [1.54, 1.807) is 12.1 Å². The highest BCUT2D eigenvalue weighted by Gasteiger charge is 2.18. The monoisotopic (exact) mass is 344 g/mol. The predicted octanol–water partition coefficient (Wildman–Crippen LogP) is 2.76.